The molecule has 0 aliphatic carbocycles. The predicted molar refractivity (Wildman–Crippen MR) is 134 cm³/mol. The van der Waals surface area contributed by atoms with Gasteiger partial charge in [-0.1, -0.05) is 60.7 Å². The van der Waals surface area contributed by atoms with Gasteiger partial charge in [-0.3, -0.25) is 4.79 Å². The smallest absolute Gasteiger partial charge is 0.378 e. The minimum atomic E-state index is -3.85. The first-order chi connectivity index (χ1) is 17.7. The van der Waals surface area contributed by atoms with Crippen molar-refractivity contribution in [2.75, 3.05) is 13.2 Å². The standard InChI is InChI=1S/C28H27F2N3O4/c1-3-33-23-17-19(24(34)31-18-27(29,30)26(35)37-4-2)15-16-22(23)32-25(33)28(36,20-11-7-5-8-12-20)21-13-9-6-10-14-21/h5-17,36H,3-4,18H2,1-2H3,(H,31,34). The first kappa shape index (κ1) is 26.0. The van der Waals surface area contributed by atoms with Crippen molar-refractivity contribution in [1.82, 2.24) is 14.9 Å². The normalized spacial score (nSPS) is 11.9. The molecule has 0 atom stereocenters. The zero-order chi connectivity index (χ0) is 26.6. The third-order valence-electron chi connectivity index (χ3n) is 6.08. The number of nitrogens with zero attached hydrogens (tertiary/aromatic N) is 2. The first-order valence-corrected chi connectivity index (χ1v) is 11.9. The maximum atomic E-state index is 14.0. The second-order valence-electron chi connectivity index (χ2n) is 8.43. The summed E-state index contributed by atoms with van der Waals surface area (Å²) in [5.41, 5.74) is 0.817. The molecule has 1 heterocycles. The van der Waals surface area contributed by atoms with Crippen LogP contribution < -0.4 is 5.32 Å². The molecule has 2 N–H and O–H groups in total. The van der Waals surface area contributed by atoms with Crippen LogP contribution in [0.25, 0.3) is 11.0 Å². The van der Waals surface area contributed by atoms with E-state index in [9.17, 15) is 23.5 Å². The van der Waals surface area contributed by atoms with E-state index in [1.165, 1.54) is 19.1 Å². The summed E-state index contributed by atoms with van der Waals surface area (Å²) in [4.78, 5) is 28.9. The number of imidazole rings is 1. The van der Waals surface area contributed by atoms with Crippen LogP contribution in [0.2, 0.25) is 0 Å². The van der Waals surface area contributed by atoms with E-state index in [0.29, 0.717) is 34.5 Å². The van der Waals surface area contributed by atoms with Gasteiger partial charge in [-0.05, 0) is 43.2 Å². The fourth-order valence-corrected chi connectivity index (χ4v) is 4.25. The predicted octanol–water partition coefficient (Wildman–Crippen LogP) is 4.27. The number of aromatic nitrogens is 2. The molecule has 1 aromatic heterocycles. The highest BCUT2D eigenvalue weighted by atomic mass is 19.3. The number of ether oxygens (including phenoxy) is 1. The second-order valence-corrected chi connectivity index (χ2v) is 8.43. The number of aryl methyl sites for hydroxylation is 1. The number of carbonyl (C=O) groups is 2. The van der Waals surface area contributed by atoms with Crippen molar-refractivity contribution >= 4 is 22.9 Å². The van der Waals surface area contributed by atoms with Crippen molar-refractivity contribution in [2.45, 2.75) is 31.9 Å². The van der Waals surface area contributed by atoms with Gasteiger partial charge in [0.1, 0.15) is 0 Å². The minimum Gasteiger partial charge on any atom is -0.462 e. The van der Waals surface area contributed by atoms with Gasteiger partial charge in [0.2, 0.25) is 0 Å². The number of fused-ring (bicyclic) bond motifs is 1. The van der Waals surface area contributed by atoms with Crippen LogP contribution in [-0.2, 0) is 21.7 Å². The van der Waals surface area contributed by atoms with Crippen LogP contribution in [0.5, 0.6) is 0 Å². The Labute approximate surface area is 212 Å². The van der Waals surface area contributed by atoms with Gasteiger partial charge in [-0.25, -0.2) is 9.78 Å². The Bertz CT molecular complexity index is 1370. The van der Waals surface area contributed by atoms with Crippen LogP contribution >= 0.6 is 0 Å². The summed E-state index contributed by atoms with van der Waals surface area (Å²) in [5, 5.41) is 14.3. The number of hydrogen-bond acceptors (Lipinski definition) is 5. The number of hydrogen-bond donors (Lipinski definition) is 2. The Balaban J connectivity index is 1.75. The summed E-state index contributed by atoms with van der Waals surface area (Å²) in [6.07, 6.45) is 0. The number of esters is 1. The Morgan fingerprint density at radius 1 is 0.973 bits per heavy atom. The SMILES string of the molecule is CCOC(=O)C(F)(F)CNC(=O)c1ccc2nc(C(O)(c3ccccc3)c3ccccc3)n(CC)c2c1. The Morgan fingerprint density at radius 2 is 1.57 bits per heavy atom. The average Bonchev–Trinajstić information content (AvgIpc) is 3.30. The van der Waals surface area contributed by atoms with E-state index in [0.717, 1.165) is 0 Å². The van der Waals surface area contributed by atoms with Crippen LogP contribution in [-0.4, -0.2) is 45.6 Å². The van der Waals surface area contributed by atoms with E-state index in [-0.39, 0.29) is 12.2 Å². The summed E-state index contributed by atoms with van der Waals surface area (Å²) >= 11 is 0. The van der Waals surface area contributed by atoms with Crippen LogP contribution in [0.1, 0.15) is 41.2 Å². The molecular weight excluding hydrogens is 480 g/mol. The number of amides is 1. The van der Waals surface area contributed by atoms with Gasteiger partial charge in [0, 0.05) is 12.1 Å². The van der Waals surface area contributed by atoms with Crippen LogP contribution in [0.15, 0.2) is 78.9 Å². The summed E-state index contributed by atoms with van der Waals surface area (Å²) in [6.45, 7) is 2.33. The number of nitrogens with one attached hydrogen (secondary N) is 1. The number of alkyl halides is 2. The van der Waals surface area contributed by atoms with Gasteiger partial charge < -0.3 is 19.7 Å². The summed E-state index contributed by atoms with van der Waals surface area (Å²) in [6, 6.07) is 22.9. The van der Waals surface area contributed by atoms with Gasteiger partial charge in [-0.15, -0.1) is 0 Å². The summed E-state index contributed by atoms with van der Waals surface area (Å²) in [7, 11) is 0. The molecule has 0 aliphatic heterocycles. The van der Waals surface area contributed by atoms with Crippen molar-refractivity contribution in [2.24, 2.45) is 0 Å². The second kappa shape index (κ2) is 10.5. The van der Waals surface area contributed by atoms with E-state index < -0.39 is 29.9 Å². The topological polar surface area (TPSA) is 93.4 Å². The van der Waals surface area contributed by atoms with E-state index in [1.807, 2.05) is 67.6 Å². The van der Waals surface area contributed by atoms with E-state index in [1.54, 1.807) is 10.6 Å². The molecule has 192 valence electrons. The molecule has 0 spiro atoms. The zero-order valence-corrected chi connectivity index (χ0v) is 20.4. The number of rotatable bonds is 9. The molecule has 0 radical (unpaired) electrons. The highest BCUT2D eigenvalue weighted by molar-refractivity contribution is 5.98. The molecule has 1 amide bonds. The highest BCUT2D eigenvalue weighted by Crippen LogP contribution is 2.37. The molecule has 0 fully saturated rings. The van der Waals surface area contributed by atoms with E-state index >= 15 is 0 Å². The minimum absolute atomic E-state index is 0.108. The first-order valence-electron chi connectivity index (χ1n) is 11.9. The van der Waals surface area contributed by atoms with Gasteiger partial charge in [0.25, 0.3) is 5.91 Å². The third-order valence-corrected chi connectivity index (χ3v) is 6.08. The maximum absolute atomic E-state index is 14.0. The number of aliphatic hydroxyl groups is 1. The van der Waals surface area contributed by atoms with Crippen LogP contribution in [0, 0.1) is 0 Å². The van der Waals surface area contributed by atoms with Crippen molar-refractivity contribution in [3.05, 3.63) is 101 Å². The lowest BCUT2D eigenvalue weighted by Crippen LogP contribution is -2.43. The molecule has 0 saturated heterocycles. The maximum Gasteiger partial charge on any atom is 0.378 e. The molecule has 0 unspecified atom stereocenters. The molecule has 0 saturated carbocycles. The van der Waals surface area contributed by atoms with E-state index in [2.05, 4.69) is 10.1 Å². The Hall–Kier alpha value is -4.11. The quantitative estimate of drug-likeness (QED) is 0.330. The van der Waals surface area contributed by atoms with Gasteiger partial charge in [-0.2, -0.15) is 8.78 Å². The summed E-state index contributed by atoms with van der Waals surface area (Å²) in [5.74, 6) is -5.97. The average molecular weight is 508 g/mol. The van der Waals surface area contributed by atoms with Crippen molar-refractivity contribution < 1.29 is 28.2 Å². The Kier molecular flexibility index (Phi) is 7.35. The lowest BCUT2D eigenvalue weighted by Gasteiger charge is -2.29. The molecule has 4 aromatic rings. The summed E-state index contributed by atoms with van der Waals surface area (Å²) < 4.78 is 34.1. The zero-order valence-electron chi connectivity index (χ0n) is 20.4. The van der Waals surface area contributed by atoms with Crippen molar-refractivity contribution in [3.8, 4) is 0 Å². The lowest BCUT2D eigenvalue weighted by atomic mass is 9.85. The third kappa shape index (κ3) is 4.95. The molecule has 0 aliphatic rings. The van der Waals surface area contributed by atoms with Gasteiger partial charge in [0.15, 0.2) is 11.4 Å². The fourth-order valence-electron chi connectivity index (χ4n) is 4.25. The van der Waals surface area contributed by atoms with Gasteiger partial charge in [0.05, 0.1) is 24.2 Å². The lowest BCUT2D eigenvalue weighted by molar-refractivity contribution is -0.170. The monoisotopic (exact) mass is 507 g/mol. The van der Waals surface area contributed by atoms with Crippen LogP contribution in [0.3, 0.4) is 0 Å². The molecule has 4 rings (SSSR count). The van der Waals surface area contributed by atoms with Crippen molar-refractivity contribution in [1.29, 1.82) is 0 Å². The number of carbonyl (C=O) groups excluding carboxylic acids is 2. The van der Waals surface area contributed by atoms with Crippen LogP contribution in [0.4, 0.5) is 8.78 Å². The molecule has 9 heteroatoms. The number of benzene rings is 3. The molecule has 37 heavy (non-hydrogen) atoms. The van der Waals surface area contributed by atoms with E-state index in [4.69, 9.17) is 4.98 Å². The van der Waals surface area contributed by atoms with Crippen molar-refractivity contribution in [3.63, 3.8) is 0 Å². The highest BCUT2D eigenvalue weighted by Gasteiger charge is 2.41. The fraction of sp³-hybridized carbons (Fsp3) is 0.250. The van der Waals surface area contributed by atoms with Gasteiger partial charge >= 0.3 is 11.9 Å². The number of halogens is 2. The molecule has 3 aromatic carbocycles. The largest absolute Gasteiger partial charge is 0.462 e. The molecule has 0 bridgehead atoms. The molecular formula is C28H27F2N3O4. The Morgan fingerprint density at radius 3 is 2.11 bits per heavy atom. The molecule has 7 nitrogen and oxygen atoms in total.